The van der Waals surface area contributed by atoms with Crippen LogP contribution >= 0.6 is 0 Å². The standard InChI is InChI=1S/C30H44N4O4S/c1-7-27(30(36)31-26-14-9-8-10-15-26)33(20-25-13-11-12-22(2)18-25)29(35)21-34(39(37,38)32(5)6)28-19-23(3)16-17-24(28)4/h11-13,16-19,26-27H,7-10,14-15,20-21H2,1-6H3,(H,31,36). The fourth-order valence-electron chi connectivity index (χ4n) is 5.16. The van der Waals surface area contributed by atoms with Gasteiger partial charge in [-0.05, 0) is 62.8 Å². The molecule has 2 aromatic carbocycles. The SMILES string of the molecule is CCC(C(=O)NC1CCCCC1)N(Cc1cccc(C)c1)C(=O)CN(c1cc(C)ccc1C)S(=O)(=O)N(C)C. The second kappa shape index (κ2) is 13.4. The maximum absolute atomic E-state index is 14.1. The zero-order valence-electron chi connectivity index (χ0n) is 24.2. The van der Waals surface area contributed by atoms with Crippen LogP contribution in [0.4, 0.5) is 5.69 Å². The minimum Gasteiger partial charge on any atom is -0.352 e. The third-order valence-electron chi connectivity index (χ3n) is 7.43. The summed E-state index contributed by atoms with van der Waals surface area (Å²) in [5.74, 6) is -0.604. The van der Waals surface area contributed by atoms with Gasteiger partial charge >= 0.3 is 10.2 Å². The van der Waals surface area contributed by atoms with Crippen molar-refractivity contribution in [2.45, 2.75) is 84.8 Å². The van der Waals surface area contributed by atoms with Gasteiger partial charge in [-0.25, -0.2) is 4.31 Å². The van der Waals surface area contributed by atoms with E-state index in [-0.39, 0.29) is 18.5 Å². The van der Waals surface area contributed by atoms with Crippen molar-refractivity contribution in [1.29, 1.82) is 0 Å². The smallest absolute Gasteiger partial charge is 0.304 e. The maximum atomic E-state index is 14.1. The average Bonchev–Trinajstić information content (AvgIpc) is 2.89. The van der Waals surface area contributed by atoms with Crippen molar-refractivity contribution in [3.63, 3.8) is 0 Å². The summed E-state index contributed by atoms with van der Waals surface area (Å²) in [6, 6.07) is 12.8. The summed E-state index contributed by atoms with van der Waals surface area (Å²) in [6.07, 6.45) is 5.64. The normalized spacial score (nSPS) is 15.2. The molecule has 0 spiro atoms. The molecule has 1 N–H and O–H groups in total. The number of benzene rings is 2. The van der Waals surface area contributed by atoms with Crippen LogP contribution in [0.3, 0.4) is 0 Å². The largest absolute Gasteiger partial charge is 0.352 e. The predicted octanol–water partition coefficient (Wildman–Crippen LogP) is 4.48. The summed E-state index contributed by atoms with van der Waals surface area (Å²) in [5.41, 5.74) is 4.02. The van der Waals surface area contributed by atoms with Gasteiger partial charge in [-0.1, -0.05) is 68.1 Å². The fourth-order valence-corrected chi connectivity index (χ4v) is 6.27. The van der Waals surface area contributed by atoms with Crippen molar-refractivity contribution in [1.82, 2.24) is 14.5 Å². The fraction of sp³-hybridized carbons (Fsp3) is 0.533. The zero-order chi connectivity index (χ0) is 28.7. The topological polar surface area (TPSA) is 90.0 Å². The molecule has 214 valence electrons. The molecule has 2 aromatic rings. The van der Waals surface area contributed by atoms with Crippen molar-refractivity contribution < 1.29 is 18.0 Å². The van der Waals surface area contributed by atoms with E-state index in [1.54, 1.807) is 11.0 Å². The van der Waals surface area contributed by atoms with Gasteiger partial charge in [0.25, 0.3) is 0 Å². The monoisotopic (exact) mass is 556 g/mol. The predicted molar refractivity (Wildman–Crippen MR) is 157 cm³/mol. The summed E-state index contributed by atoms with van der Waals surface area (Å²) in [6.45, 7) is 7.38. The van der Waals surface area contributed by atoms with E-state index in [2.05, 4.69) is 5.32 Å². The van der Waals surface area contributed by atoms with E-state index in [4.69, 9.17) is 0 Å². The highest BCUT2D eigenvalue weighted by molar-refractivity contribution is 7.90. The van der Waals surface area contributed by atoms with E-state index in [1.807, 2.05) is 64.1 Å². The van der Waals surface area contributed by atoms with Gasteiger partial charge in [-0.3, -0.25) is 9.59 Å². The van der Waals surface area contributed by atoms with Gasteiger partial charge < -0.3 is 10.2 Å². The van der Waals surface area contributed by atoms with Crippen molar-refractivity contribution in [3.05, 3.63) is 64.7 Å². The maximum Gasteiger partial charge on any atom is 0.304 e. The van der Waals surface area contributed by atoms with Gasteiger partial charge in [0.2, 0.25) is 11.8 Å². The van der Waals surface area contributed by atoms with Crippen LogP contribution in [0.1, 0.15) is 67.7 Å². The molecule has 0 aromatic heterocycles. The lowest BCUT2D eigenvalue weighted by atomic mass is 9.95. The number of hydrogen-bond donors (Lipinski definition) is 1. The van der Waals surface area contributed by atoms with Crippen molar-refractivity contribution >= 4 is 27.7 Å². The molecule has 1 atom stereocenters. The highest BCUT2D eigenvalue weighted by Crippen LogP contribution is 2.26. The molecule has 1 fully saturated rings. The van der Waals surface area contributed by atoms with Crippen molar-refractivity contribution in [2.75, 3.05) is 24.9 Å². The first-order chi connectivity index (χ1) is 18.4. The van der Waals surface area contributed by atoms with Crippen LogP contribution in [-0.4, -0.2) is 62.2 Å². The van der Waals surface area contributed by atoms with E-state index in [1.165, 1.54) is 20.5 Å². The van der Waals surface area contributed by atoms with Gasteiger partial charge in [0.05, 0.1) is 5.69 Å². The summed E-state index contributed by atoms with van der Waals surface area (Å²) in [4.78, 5) is 29.2. The molecule has 1 unspecified atom stereocenters. The van der Waals surface area contributed by atoms with Crippen molar-refractivity contribution in [3.8, 4) is 0 Å². The summed E-state index contributed by atoms with van der Waals surface area (Å²) < 4.78 is 29.3. The first kappa shape index (κ1) is 30.6. The highest BCUT2D eigenvalue weighted by Gasteiger charge is 2.35. The lowest BCUT2D eigenvalue weighted by Gasteiger charge is -2.35. The molecule has 8 nitrogen and oxygen atoms in total. The Morgan fingerprint density at radius 3 is 2.26 bits per heavy atom. The van der Waals surface area contributed by atoms with E-state index >= 15 is 0 Å². The van der Waals surface area contributed by atoms with E-state index < -0.39 is 28.7 Å². The number of rotatable bonds is 11. The van der Waals surface area contributed by atoms with Gasteiger partial charge in [0.1, 0.15) is 12.6 Å². The van der Waals surface area contributed by atoms with E-state index in [9.17, 15) is 18.0 Å². The molecule has 1 aliphatic carbocycles. The molecule has 9 heteroatoms. The van der Waals surface area contributed by atoms with Crippen LogP contribution in [0.25, 0.3) is 0 Å². The third-order valence-corrected chi connectivity index (χ3v) is 9.23. The van der Waals surface area contributed by atoms with Crippen LogP contribution in [0.5, 0.6) is 0 Å². The van der Waals surface area contributed by atoms with E-state index in [0.29, 0.717) is 12.1 Å². The first-order valence-electron chi connectivity index (χ1n) is 13.9. The molecule has 0 saturated heterocycles. The molecule has 1 saturated carbocycles. The number of hydrogen-bond acceptors (Lipinski definition) is 4. The molecule has 0 radical (unpaired) electrons. The molecule has 39 heavy (non-hydrogen) atoms. The first-order valence-corrected chi connectivity index (χ1v) is 15.3. The van der Waals surface area contributed by atoms with Gasteiger partial charge in [0, 0.05) is 26.7 Å². The van der Waals surface area contributed by atoms with E-state index in [0.717, 1.165) is 56.5 Å². The molecule has 3 rings (SSSR count). The molecule has 0 heterocycles. The minimum absolute atomic E-state index is 0.108. The molecular formula is C30H44N4O4S. The lowest BCUT2D eigenvalue weighted by molar-refractivity contribution is -0.140. The summed E-state index contributed by atoms with van der Waals surface area (Å²) in [7, 11) is -1.09. The van der Waals surface area contributed by atoms with Crippen molar-refractivity contribution in [2.24, 2.45) is 0 Å². The Morgan fingerprint density at radius 2 is 1.64 bits per heavy atom. The van der Waals surface area contributed by atoms with Crippen LogP contribution in [0.2, 0.25) is 0 Å². The summed E-state index contributed by atoms with van der Waals surface area (Å²) in [5, 5.41) is 3.18. The Morgan fingerprint density at radius 1 is 0.974 bits per heavy atom. The Hall–Kier alpha value is -2.91. The highest BCUT2D eigenvalue weighted by atomic mass is 32.2. The molecular weight excluding hydrogens is 512 g/mol. The second-order valence-corrected chi connectivity index (χ2v) is 12.9. The number of aryl methyl sites for hydroxylation is 3. The number of nitrogens with one attached hydrogen (secondary N) is 1. The molecule has 0 aliphatic heterocycles. The molecule has 1 aliphatic rings. The Balaban J connectivity index is 1.99. The number of amides is 2. The number of nitrogens with zero attached hydrogens (tertiary/aromatic N) is 3. The quantitative estimate of drug-likeness (QED) is 0.442. The Kier molecular flexibility index (Phi) is 10.6. The van der Waals surface area contributed by atoms with Crippen LogP contribution in [0.15, 0.2) is 42.5 Å². The van der Waals surface area contributed by atoms with Gasteiger partial charge in [-0.2, -0.15) is 12.7 Å². The van der Waals surface area contributed by atoms with Crippen LogP contribution < -0.4 is 9.62 Å². The molecule has 2 amide bonds. The van der Waals surface area contributed by atoms with Gasteiger partial charge in [0.15, 0.2) is 0 Å². The Bertz CT molecular complexity index is 1260. The Labute approximate surface area is 234 Å². The number of anilines is 1. The second-order valence-electron chi connectivity index (χ2n) is 10.9. The average molecular weight is 557 g/mol. The van der Waals surface area contributed by atoms with Crippen LogP contribution in [0, 0.1) is 20.8 Å². The number of carbonyl (C=O) groups is 2. The van der Waals surface area contributed by atoms with Crippen LogP contribution in [-0.2, 0) is 26.3 Å². The lowest BCUT2D eigenvalue weighted by Crippen LogP contribution is -2.54. The zero-order valence-corrected chi connectivity index (χ0v) is 25.1. The number of carbonyl (C=O) groups excluding carboxylic acids is 2. The summed E-state index contributed by atoms with van der Waals surface area (Å²) >= 11 is 0. The minimum atomic E-state index is -4.00. The van der Waals surface area contributed by atoms with Gasteiger partial charge in [-0.15, -0.1) is 0 Å². The third kappa shape index (κ3) is 7.82. The molecule has 0 bridgehead atoms.